The van der Waals surface area contributed by atoms with Crippen LogP contribution >= 0.6 is 0 Å². The van der Waals surface area contributed by atoms with Gasteiger partial charge >= 0.3 is 5.97 Å². The lowest BCUT2D eigenvalue weighted by Gasteiger charge is -2.25. The number of nitrogens with one attached hydrogen (secondary N) is 1. The zero-order valence-corrected chi connectivity index (χ0v) is 11.7. The lowest BCUT2D eigenvalue weighted by atomic mass is 10.1. The van der Waals surface area contributed by atoms with Crippen LogP contribution in [0.2, 0.25) is 0 Å². The number of ether oxygens (including phenoxy) is 1. The molecule has 100 valence electrons. The molecule has 17 heavy (non-hydrogen) atoms. The van der Waals surface area contributed by atoms with E-state index in [1.54, 1.807) is 0 Å². The Morgan fingerprint density at radius 3 is 2.18 bits per heavy atom. The normalized spacial score (nSPS) is 20.7. The topological polar surface area (TPSA) is 38.3 Å². The zero-order chi connectivity index (χ0) is 12.9. The third-order valence-electron chi connectivity index (χ3n) is 3.10. The molecule has 1 atom stereocenters. The second kappa shape index (κ2) is 6.39. The van der Waals surface area contributed by atoms with Crippen LogP contribution in [0.5, 0.6) is 0 Å². The van der Waals surface area contributed by atoms with Gasteiger partial charge in [0.1, 0.15) is 11.6 Å². The Hall–Kier alpha value is -0.570. The number of esters is 1. The van der Waals surface area contributed by atoms with Crippen LogP contribution in [0.25, 0.3) is 0 Å². The van der Waals surface area contributed by atoms with Crippen molar-refractivity contribution in [3.63, 3.8) is 0 Å². The third-order valence-corrected chi connectivity index (χ3v) is 3.10. The molecule has 0 aromatic rings. The molecule has 0 heterocycles. The monoisotopic (exact) mass is 241 g/mol. The summed E-state index contributed by atoms with van der Waals surface area (Å²) < 4.78 is 5.37. The standard InChI is InChI=1S/C14H27NO2/c1-11(13(16)17-14(2,3)4)15-12-9-7-5-6-8-10-12/h11-12,15H,5-10H2,1-4H3. The van der Waals surface area contributed by atoms with Gasteiger partial charge in [0.15, 0.2) is 0 Å². The van der Waals surface area contributed by atoms with E-state index in [0.717, 1.165) is 0 Å². The van der Waals surface area contributed by atoms with Crippen molar-refractivity contribution < 1.29 is 9.53 Å². The van der Waals surface area contributed by atoms with E-state index < -0.39 is 5.60 Å². The van der Waals surface area contributed by atoms with Gasteiger partial charge in [0, 0.05) is 6.04 Å². The van der Waals surface area contributed by atoms with Crippen LogP contribution in [-0.2, 0) is 9.53 Å². The van der Waals surface area contributed by atoms with E-state index in [0.29, 0.717) is 6.04 Å². The Kier molecular flexibility index (Phi) is 5.44. The van der Waals surface area contributed by atoms with Crippen molar-refractivity contribution in [1.82, 2.24) is 5.32 Å². The maximum absolute atomic E-state index is 11.8. The van der Waals surface area contributed by atoms with Gasteiger partial charge in [-0.05, 0) is 40.5 Å². The molecule has 1 N–H and O–H groups in total. The quantitative estimate of drug-likeness (QED) is 0.609. The van der Waals surface area contributed by atoms with Gasteiger partial charge in [0.25, 0.3) is 0 Å². The molecule has 3 heteroatoms. The van der Waals surface area contributed by atoms with Crippen LogP contribution in [0.1, 0.15) is 66.2 Å². The molecular formula is C14H27NO2. The summed E-state index contributed by atoms with van der Waals surface area (Å²) in [5.41, 5.74) is -0.392. The predicted octanol–water partition coefficient (Wildman–Crippen LogP) is 3.03. The van der Waals surface area contributed by atoms with E-state index >= 15 is 0 Å². The molecule has 0 bridgehead atoms. The fraction of sp³-hybridized carbons (Fsp3) is 0.929. The van der Waals surface area contributed by atoms with Crippen molar-refractivity contribution in [2.75, 3.05) is 0 Å². The van der Waals surface area contributed by atoms with Gasteiger partial charge in [0.05, 0.1) is 0 Å². The van der Waals surface area contributed by atoms with Crippen molar-refractivity contribution in [3.8, 4) is 0 Å². The Morgan fingerprint density at radius 1 is 1.18 bits per heavy atom. The van der Waals surface area contributed by atoms with Crippen LogP contribution < -0.4 is 5.32 Å². The van der Waals surface area contributed by atoms with E-state index in [9.17, 15) is 4.79 Å². The molecule has 1 aliphatic rings. The number of carbonyl (C=O) groups is 1. The molecule has 1 aliphatic carbocycles. The molecule has 0 aromatic carbocycles. The third kappa shape index (κ3) is 6.06. The van der Waals surface area contributed by atoms with Crippen molar-refractivity contribution in [2.45, 2.75) is 83.9 Å². The fourth-order valence-corrected chi connectivity index (χ4v) is 2.26. The highest BCUT2D eigenvalue weighted by atomic mass is 16.6. The molecule has 0 radical (unpaired) electrons. The number of hydrogen-bond donors (Lipinski definition) is 1. The Morgan fingerprint density at radius 2 is 1.71 bits per heavy atom. The molecule has 1 unspecified atom stereocenters. The minimum absolute atomic E-state index is 0.137. The van der Waals surface area contributed by atoms with Gasteiger partial charge in [-0.2, -0.15) is 0 Å². The Labute approximate surface area is 105 Å². The summed E-state index contributed by atoms with van der Waals surface area (Å²) in [5.74, 6) is -0.137. The first-order valence-electron chi connectivity index (χ1n) is 6.87. The van der Waals surface area contributed by atoms with E-state index in [4.69, 9.17) is 4.74 Å². The second-order valence-corrected chi connectivity index (χ2v) is 6.11. The van der Waals surface area contributed by atoms with E-state index in [1.807, 2.05) is 27.7 Å². The van der Waals surface area contributed by atoms with Gasteiger partial charge in [-0.1, -0.05) is 25.7 Å². The lowest BCUT2D eigenvalue weighted by Crippen LogP contribution is -2.44. The molecule has 0 aliphatic heterocycles. The van der Waals surface area contributed by atoms with Crippen LogP contribution in [0.3, 0.4) is 0 Å². The highest BCUT2D eigenvalue weighted by molar-refractivity contribution is 5.75. The number of hydrogen-bond acceptors (Lipinski definition) is 3. The predicted molar refractivity (Wildman–Crippen MR) is 69.9 cm³/mol. The molecule has 0 amide bonds. The summed E-state index contributed by atoms with van der Waals surface area (Å²) in [6.45, 7) is 7.62. The molecule has 0 spiro atoms. The maximum atomic E-state index is 11.8. The summed E-state index contributed by atoms with van der Waals surface area (Å²) in [6, 6.07) is 0.289. The van der Waals surface area contributed by atoms with Crippen LogP contribution in [0, 0.1) is 0 Å². The van der Waals surface area contributed by atoms with Crippen LogP contribution in [0.15, 0.2) is 0 Å². The molecule has 0 aromatic heterocycles. The summed E-state index contributed by atoms with van der Waals surface area (Å²) in [7, 11) is 0. The summed E-state index contributed by atoms with van der Waals surface area (Å²) in [6.07, 6.45) is 7.59. The summed E-state index contributed by atoms with van der Waals surface area (Å²) >= 11 is 0. The number of carbonyl (C=O) groups excluding carboxylic acids is 1. The Balaban J connectivity index is 2.36. The van der Waals surface area contributed by atoms with Crippen molar-refractivity contribution in [1.29, 1.82) is 0 Å². The van der Waals surface area contributed by atoms with Gasteiger partial charge in [-0.3, -0.25) is 4.79 Å². The fourth-order valence-electron chi connectivity index (χ4n) is 2.26. The first-order valence-corrected chi connectivity index (χ1v) is 6.87. The maximum Gasteiger partial charge on any atom is 0.323 e. The highest BCUT2D eigenvalue weighted by Crippen LogP contribution is 2.18. The van der Waals surface area contributed by atoms with Crippen molar-refractivity contribution in [2.24, 2.45) is 0 Å². The molecule has 3 nitrogen and oxygen atoms in total. The van der Waals surface area contributed by atoms with Gasteiger partial charge in [-0.15, -0.1) is 0 Å². The summed E-state index contributed by atoms with van der Waals surface area (Å²) in [4.78, 5) is 11.8. The first-order chi connectivity index (χ1) is 7.88. The number of rotatable bonds is 3. The summed E-state index contributed by atoms with van der Waals surface area (Å²) in [5, 5.41) is 3.41. The van der Waals surface area contributed by atoms with Crippen LogP contribution in [-0.4, -0.2) is 23.7 Å². The van der Waals surface area contributed by atoms with Gasteiger partial charge in [0.2, 0.25) is 0 Å². The first kappa shape index (κ1) is 14.5. The van der Waals surface area contributed by atoms with E-state index in [2.05, 4.69) is 5.32 Å². The minimum atomic E-state index is -0.392. The highest BCUT2D eigenvalue weighted by Gasteiger charge is 2.24. The van der Waals surface area contributed by atoms with E-state index in [1.165, 1.54) is 38.5 Å². The molecule has 1 rings (SSSR count). The van der Waals surface area contributed by atoms with Crippen LogP contribution in [0.4, 0.5) is 0 Å². The SMILES string of the molecule is CC(NC1CCCCCC1)C(=O)OC(C)(C)C. The van der Waals surface area contributed by atoms with Crippen molar-refractivity contribution >= 4 is 5.97 Å². The average molecular weight is 241 g/mol. The lowest BCUT2D eigenvalue weighted by molar-refractivity contribution is -0.157. The van der Waals surface area contributed by atoms with Gasteiger partial charge in [-0.25, -0.2) is 0 Å². The average Bonchev–Trinajstić information content (AvgIpc) is 2.43. The van der Waals surface area contributed by atoms with Crippen molar-refractivity contribution in [3.05, 3.63) is 0 Å². The molecule has 1 saturated carbocycles. The smallest absolute Gasteiger partial charge is 0.323 e. The largest absolute Gasteiger partial charge is 0.459 e. The molecular weight excluding hydrogens is 214 g/mol. The zero-order valence-electron chi connectivity index (χ0n) is 11.7. The molecule has 0 saturated heterocycles. The van der Waals surface area contributed by atoms with E-state index in [-0.39, 0.29) is 12.0 Å². The Bertz CT molecular complexity index is 237. The second-order valence-electron chi connectivity index (χ2n) is 6.11. The molecule has 1 fully saturated rings. The minimum Gasteiger partial charge on any atom is -0.459 e. The van der Waals surface area contributed by atoms with Gasteiger partial charge < -0.3 is 10.1 Å².